The van der Waals surface area contributed by atoms with Crippen LogP contribution in [0.25, 0.3) is 0 Å². The lowest BCUT2D eigenvalue weighted by Gasteiger charge is -2.21. The molecule has 0 bridgehead atoms. The minimum Gasteiger partial charge on any atom is -0.495 e. The van der Waals surface area contributed by atoms with Crippen LogP contribution in [0.4, 0.5) is 4.39 Å². The summed E-state index contributed by atoms with van der Waals surface area (Å²) in [5, 5.41) is 2.70. The van der Waals surface area contributed by atoms with Crippen molar-refractivity contribution in [3.63, 3.8) is 0 Å². The van der Waals surface area contributed by atoms with Crippen LogP contribution in [0.15, 0.2) is 47.4 Å². The second-order valence-electron chi connectivity index (χ2n) is 5.99. The van der Waals surface area contributed by atoms with Gasteiger partial charge in [-0.15, -0.1) is 0 Å². The van der Waals surface area contributed by atoms with Gasteiger partial charge in [-0.25, -0.2) is 12.8 Å². The molecule has 6 nitrogen and oxygen atoms in total. The standard InChI is InChI=1S/C19H23FN2O4S/c1-4-22(13-19(23)21-12-15-7-5-14(2)6-8-15)27(24,25)18-11-16(20)9-10-17(18)26-3/h5-11H,4,12-13H2,1-3H3,(H,21,23). The van der Waals surface area contributed by atoms with Crippen molar-refractivity contribution in [1.82, 2.24) is 9.62 Å². The van der Waals surface area contributed by atoms with Crippen molar-refractivity contribution >= 4 is 15.9 Å². The monoisotopic (exact) mass is 394 g/mol. The third-order valence-corrected chi connectivity index (χ3v) is 5.97. The van der Waals surface area contributed by atoms with E-state index in [2.05, 4.69) is 5.32 Å². The van der Waals surface area contributed by atoms with Crippen molar-refractivity contribution in [2.45, 2.75) is 25.3 Å². The molecule has 1 amide bonds. The number of hydrogen-bond acceptors (Lipinski definition) is 4. The van der Waals surface area contributed by atoms with Gasteiger partial charge in [0, 0.05) is 13.1 Å². The van der Waals surface area contributed by atoms with E-state index < -0.39 is 21.7 Å². The van der Waals surface area contributed by atoms with Crippen molar-refractivity contribution in [3.8, 4) is 5.75 Å². The summed E-state index contributed by atoms with van der Waals surface area (Å²) in [5.41, 5.74) is 2.02. The van der Waals surface area contributed by atoms with Crippen molar-refractivity contribution in [2.75, 3.05) is 20.2 Å². The molecule has 0 atom stereocenters. The number of carbonyl (C=O) groups is 1. The predicted molar refractivity (Wildman–Crippen MR) is 100 cm³/mol. The maximum atomic E-state index is 13.6. The van der Waals surface area contributed by atoms with Crippen LogP contribution >= 0.6 is 0 Å². The number of nitrogens with one attached hydrogen (secondary N) is 1. The maximum absolute atomic E-state index is 13.6. The van der Waals surface area contributed by atoms with Gasteiger partial charge in [0.05, 0.1) is 13.7 Å². The van der Waals surface area contributed by atoms with Crippen molar-refractivity contribution in [1.29, 1.82) is 0 Å². The number of rotatable bonds is 8. The molecule has 0 aromatic heterocycles. The normalized spacial score (nSPS) is 11.4. The zero-order chi connectivity index (χ0) is 20.0. The minimum atomic E-state index is -4.09. The number of benzene rings is 2. The molecule has 27 heavy (non-hydrogen) atoms. The van der Waals surface area contributed by atoms with Crippen LogP contribution in [0.3, 0.4) is 0 Å². The molecule has 0 spiro atoms. The molecule has 0 heterocycles. The third kappa shape index (κ3) is 5.27. The Morgan fingerprint density at radius 2 is 1.85 bits per heavy atom. The van der Waals surface area contributed by atoms with Crippen LogP contribution in [0.5, 0.6) is 5.75 Å². The molecule has 2 rings (SSSR count). The van der Waals surface area contributed by atoms with E-state index in [1.54, 1.807) is 6.92 Å². The lowest BCUT2D eigenvalue weighted by Crippen LogP contribution is -2.40. The van der Waals surface area contributed by atoms with E-state index in [0.29, 0.717) is 6.54 Å². The van der Waals surface area contributed by atoms with E-state index in [9.17, 15) is 17.6 Å². The third-order valence-electron chi connectivity index (χ3n) is 4.03. The average molecular weight is 394 g/mol. The summed E-state index contributed by atoms with van der Waals surface area (Å²) >= 11 is 0. The van der Waals surface area contributed by atoms with Gasteiger partial charge in [-0.1, -0.05) is 36.8 Å². The van der Waals surface area contributed by atoms with E-state index >= 15 is 0 Å². The number of likely N-dealkylation sites (N-methyl/N-ethyl adjacent to an activating group) is 1. The maximum Gasteiger partial charge on any atom is 0.247 e. The second-order valence-corrected chi connectivity index (χ2v) is 7.90. The molecule has 0 fully saturated rings. The molecule has 0 radical (unpaired) electrons. The lowest BCUT2D eigenvalue weighted by atomic mass is 10.1. The van der Waals surface area contributed by atoms with Crippen LogP contribution in [-0.4, -0.2) is 38.8 Å². The Balaban J connectivity index is 2.12. The molecule has 0 aliphatic carbocycles. The molecule has 1 N–H and O–H groups in total. The molecule has 8 heteroatoms. The summed E-state index contributed by atoms with van der Waals surface area (Å²) in [4.78, 5) is 11.9. The Bertz CT molecular complexity index is 898. The number of sulfonamides is 1. The summed E-state index contributed by atoms with van der Waals surface area (Å²) in [7, 11) is -2.79. The first kappa shape index (κ1) is 20.9. The number of aryl methyl sites for hydroxylation is 1. The first-order valence-corrected chi connectivity index (χ1v) is 9.88. The minimum absolute atomic E-state index is 0.0231. The highest BCUT2D eigenvalue weighted by Crippen LogP contribution is 2.27. The van der Waals surface area contributed by atoms with E-state index in [0.717, 1.165) is 27.6 Å². The van der Waals surface area contributed by atoms with Crippen LogP contribution in [0.2, 0.25) is 0 Å². The summed E-state index contributed by atoms with van der Waals surface area (Å²) in [6.45, 7) is 3.55. The number of ether oxygens (including phenoxy) is 1. The zero-order valence-corrected chi connectivity index (χ0v) is 16.3. The molecule has 0 unspecified atom stereocenters. The molecule has 146 valence electrons. The Hall–Kier alpha value is -2.45. The fourth-order valence-electron chi connectivity index (χ4n) is 2.48. The number of amides is 1. The first-order chi connectivity index (χ1) is 12.8. The molecule has 0 saturated heterocycles. The van der Waals surface area contributed by atoms with Crippen LogP contribution in [0.1, 0.15) is 18.1 Å². The van der Waals surface area contributed by atoms with Gasteiger partial charge in [-0.05, 0) is 30.7 Å². The van der Waals surface area contributed by atoms with Gasteiger partial charge in [-0.3, -0.25) is 4.79 Å². The van der Waals surface area contributed by atoms with Crippen LogP contribution < -0.4 is 10.1 Å². The molecular formula is C19H23FN2O4S. The smallest absolute Gasteiger partial charge is 0.247 e. The summed E-state index contributed by atoms with van der Waals surface area (Å²) < 4.78 is 45.3. The molecule has 2 aromatic rings. The largest absolute Gasteiger partial charge is 0.495 e. The quantitative estimate of drug-likeness (QED) is 0.746. The van der Waals surface area contributed by atoms with Gasteiger partial charge >= 0.3 is 0 Å². The fourth-order valence-corrected chi connectivity index (χ4v) is 4.05. The van der Waals surface area contributed by atoms with E-state index in [1.165, 1.54) is 13.2 Å². The Labute approximate surface area is 159 Å². The van der Waals surface area contributed by atoms with Gasteiger partial charge < -0.3 is 10.1 Å². The predicted octanol–water partition coefficient (Wildman–Crippen LogP) is 2.47. The SMILES string of the molecule is CCN(CC(=O)NCc1ccc(C)cc1)S(=O)(=O)c1cc(F)ccc1OC. The average Bonchev–Trinajstić information content (AvgIpc) is 2.65. The van der Waals surface area contributed by atoms with E-state index in [4.69, 9.17) is 4.74 Å². The van der Waals surface area contributed by atoms with E-state index in [1.807, 2.05) is 31.2 Å². The Morgan fingerprint density at radius 1 is 1.19 bits per heavy atom. The fraction of sp³-hybridized carbons (Fsp3) is 0.316. The summed E-state index contributed by atoms with van der Waals surface area (Å²) in [6, 6.07) is 10.9. The molecular weight excluding hydrogens is 371 g/mol. The van der Waals surface area contributed by atoms with Gasteiger partial charge in [0.15, 0.2) is 0 Å². The van der Waals surface area contributed by atoms with Crippen LogP contribution in [0, 0.1) is 12.7 Å². The second kappa shape index (κ2) is 8.96. The van der Waals surface area contributed by atoms with Gasteiger partial charge in [0.1, 0.15) is 16.5 Å². The van der Waals surface area contributed by atoms with Crippen LogP contribution in [-0.2, 0) is 21.4 Å². The number of carbonyl (C=O) groups excluding carboxylic acids is 1. The summed E-state index contributed by atoms with van der Waals surface area (Å²) in [5.74, 6) is -1.12. The number of nitrogens with zero attached hydrogens (tertiary/aromatic N) is 1. The summed E-state index contributed by atoms with van der Waals surface area (Å²) in [6.07, 6.45) is 0. The molecule has 2 aromatic carbocycles. The van der Waals surface area contributed by atoms with Crippen molar-refractivity contribution < 1.29 is 22.3 Å². The highest BCUT2D eigenvalue weighted by molar-refractivity contribution is 7.89. The number of methoxy groups -OCH3 is 1. The highest BCUT2D eigenvalue weighted by atomic mass is 32.2. The van der Waals surface area contributed by atoms with Crippen molar-refractivity contribution in [2.24, 2.45) is 0 Å². The topological polar surface area (TPSA) is 75.7 Å². The Kier molecular flexibility index (Phi) is 6.92. The lowest BCUT2D eigenvalue weighted by molar-refractivity contribution is -0.121. The number of hydrogen-bond donors (Lipinski definition) is 1. The van der Waals surface area contributed by atoms with Gasteiger partial charge in [-0.2, -0.15) is 4.31 Å². The van der Waals surface area contributed by atoms with Gasteiger partial charge in [0.25, 0.3) is 0 Å². The first-order valence-electron chi connectivity index (χ1n) is 8.44. The molecule has 0 aliphatic rings. The molecule has 0 aliphatic heterocycles. The highest BCUT2D eigenvalue weighted by Gasteiger charge is 2.28. The number of halogens is 1. The zero-order valence-electron chi connectivity index (χ0n) is 15.5. The van der Waals surface area contributed by atoms with Gasteiger partial charge in [0.2, 0.25) is 15.9 Å². The van der Waals surface area contributed by atoms with E-state index in [-0.39, 0.29) is 23.7 Å². The van der Waals surface area contributed by atoms with Crippen molar-refractivity contribution in [3.05, 3.63) is 59.4 Å². The Morgan fingerprint density at radius 3 is 2.44 bits per heavy atom. The molecule has 0 saturated carbocycles.